The Hall–Kier alpha value is -3.01. The Bertz CT molecular complexity index is 891. The van der Waals surface area contributed by atoms with Crippen LogP contribution in [0.4, 0.5) is 0 Å². The van der Waals surface area contributed by atoms with E-state index in [1.54, 1.807) is 23.5 Å². The molecule has 1 amide bonds. The van der Waals surface area contributed by atoms with E-state index < -0.39 is 0 Å². The molecule has 0 saturated heterocycles. The van der Waals surface area contributed by atoms with Crippen molar-refractivity contribution >= 4 is 5.91 Å². The van der Waals surface area contributed by atoms with Crippen molar-refractivity contribution < 1.29 is 4.79 Å². The fourth-order valence-electron chi connectivity index (χ4n) is 3.07. The molecule has 138 valence electrons. The van der Waals surface area contributed by atoms with Crippen LogP contribution in [0.1, 0.15) is 39.7 Å². The summed E-state index contributed by atoms with van der Waals surface area (Å²) in [5, 5.41) is 0. The van der Waals surface area contributed by atoms with Crippen LogP contribution in [0.15, 0.2) is 67.1 Å². The first kappa shape index (κ1) is 18.8. The second-order valence-electron chi connectivity index (χ2n) is 6.99. The molecule has 0 aliphatic heterocycles. The number of likely N-dealkylation sites (N-methyl/N-ethyl adjacent to an activating group) is 1. The molecule has 0 bridgehead atoms. The summed E-state index contributed by atoms with van der Waals surface area (Å²) in [7, 11) is 1.85. The van der Waals surface area contributed by atoms with Crippen LogP contribution in [0, 0.1) is 6.92 Å². The van der Waals surface area contributed by atoms with Gasteiger partial charge < -0.3 is 4.90 Å². The number of aryl methyl sites for hydroxylation is 1. The Morgan fingerprint density at radius 1 is 1.07 bits per heavy atom. The van der Waals surface area contributed by atoms with E-state index in [0.717, 1.165) is 23.2 Å². The van der Waals surface area contributed by atoms with E-state index >= 15 is 0 Å². The zero-order valence-corrected chi connectivity index (χ0v) is 16.1. The maximum atomic E-state index is 13.1. The topological polar surface area (TPSA) is 46.1 Å². The highest BCUT2D eigenvalue weighted by Crippen LogP contribution is 2.18. The van der Waals surface area contributed by atoms with Crippen molar-refractivity contribution in [1.29, 1.82) is 0 Å². The molecule has 1 heterocycles. The number of hydrogen-bond acceptors (Lipinski definition) is 3. The van der Waals surface area contributed by atoms with Crippen molar-refractivity contribution in [2.45, 2.75) is 32.7 Å². The van der Waals surface area contributed by atoms with Gasteiger partial charge in [-0.1, -0.05) is 48.0 Å². The van der Waals surface area contributed by atoms with Gasteiger partial charge in [0, 0.05) is 43.7 Å². The fourth-order valence-corrected chi connectivity index (χ4v) is 3.07. The van der Waals surface area contributed by atoms with Gasteiger partial charge in [0.25, 0.3) is 5.91 Å². The van der Waals surface area contributed by atoms with E-state index in [4.69, 9.17) is 0 Å². The van der Waals surface area contributed by atoms with Gasteiger partial charge in [0.05, 0.1) is 5.69 Å². The molecule has 1 aromatic heterocycles. The molecule has 0 aliphatic rings. The van der Waals surface area contributed by atoms with Crippen LogP contribution in [-0.2, 0) is 12.8 Å². The van der Waals surface area contributed by atoms with Crippen LogP contribution in [0.2, 0.25) is 0 Å². The summed E-state index contributed by atoms with van der Waals surface area (Å²) in [6.45, 7) is 4.11. The number of amides is 1. The van der Waals surface area contributed by atoms with Crippen LogP contribution >= 0.6 is 0 Å². The number of benzene rings is 2. The van der Waals surface area contributed by atoms with Gasteiger partial charge in [0.2, 0.25) is 0 Å². The van der Waals surface area contributed by atoms with Crippen molar-refractivity contribution in [3.8, 4) is 0 Å². The highest BCUT2D eigenvalue weighted by atomic mass is 16.2. The van der Waals surface area contributed by atoms with Crippen LogP contribution in [0.3, 0.4) is 0 Å². The molecule has 3 aromatic rings. The van der Waals surface area contributed by atoms with Gasteiger partial charge >= 0.3 is 0 Å². The monoisotopic (exact) mass is 359 g/mol. The van der Waals surface area contributed by atoms with E-state index in [2.05, 4.69) is 41.2 Å². The molecule has 0 radical (unpaired) electrons. The summed E-state index contributed by atoms with van der Waals surface area (Å²) >= 11 is 0. The minimum absolute atomic E-state index is 0.0293. The third kappa shape index (κ3) is 4.79. The highest BCUT2D eigenvalue weighted by Gasteiger charge is 2.20. The van der Waals surface area contributed by atoms with Crippen molar-refractivity contribution in [1.82, 2.24) is 14.9 Å². The highest BCUT2D eigenvalue weighted by molar-refractivity contribution is 5.95. The normalized spacial score (nSPS) is 11.8. The van der Waals surface area contributed by atoms with Gasteiger partial charge in [-0.2, -0.15) is 0 Å². The summed E-state index contributed by atoms with van der Waals surface area (Å²) in [6, 6.07) is 16.3. The second kappa shape index (κ2) is 8.58. The molecular formula is C23H25N3O. The molecule has 3 rings (SSSR count). The average molecular weight is 359 g/mol. The standard InChI is InChI=1S/C23H25N3O/c1-17-8-10-19(11-9-17)15-20-6-4-5-7-22(20)23(27)26(3)18(2)14-21-16-24-12-13-25-21/h4-13,16,18H,14-15H2,1-3H3/t18-/m0/s1. The lowest BCUT2D eigenvalue weighted by atomic mass is 9.98. The Morgan fingerprint density at radius 3 is 2.52 bits per heavy atom. The molecule has 4 heteroatoms. The second-order valence-corrected chi connectivity index (χ2v) is 6.99. The van der Waals surface area contributed by atoms with E-state index in [9.17, 15) is 4.79 Å². The zero-order chi connectivity index (χ0) is 19.2. The SMILES string of the molecule is Cc1ccc(Cc2ccccc2C(=O)N(C)[C@@H](C)Cc2cnccn2)cc1. The summed E-state index contributed by atoms with van der Waals surface area (Å²) in [5.74, 6) is 0.0362. The van der Waals surface area contributed by atoms with Gasteiger partial charge in [-0.25, -0.2) is 0 Å². The number of carbonyl (C=O) groups excluding carboxylic acids is 1. The number of aromatic nitrogens is 2. The van der Waals surface area contributed by atoms with Gasteiger partial charge in [0.1, 0.15) is 0 Å². The third-order valence-electron chi connectivity index (χ3n) is 4.87. The Labute approximate surface area is 160 Å². The smallest absolute Gasteiger partial charge is 0.254 e. The van der Waals surface area contributed by atoms with E-state index in [-0.39, 0.29) is 11.9 Å². The first-order valence-corrected chi connectivity index (χ1v) is 9.20. The fraction of sp³-hybridized carbons (Fsp3) is 0.261. The number of rotatable bonds is 6. The first-order chi connectivity index (χ1) is 13.0. The van der Waals surface area contributed by atoms with E-state index in [1.807, 2.05) is 38.2 Å². The summed E-state index contributed by atoms with van der Waals surface area (Å²) in [4.78, 5) is 23.3. The molecule has 0 unspecified atom stereocenters. The van der Waals surface area contributed by atoms with Gasteiger partial charge in [0.15, 0.2) is 0 Å². The van der Waals surface area contributed by atoms with Crippen molar-refractivity contribution in [2.75, 3.05) is 7.05 Å². The molecule has 0 N–H and O–H groups in total. The Morgan fingerprint density at radius 2 is 1.81 bits per heavy atom. The minimum Gasteiger partial charge on any atom is -0.339 e. The number of carbonyl (C=O) groups is 1. The predicted octanol–water partition coefficient (Wildman–Crippen LogP) is 4.08. The quantitative estimate of drug-likeness (QED) is 0.666. The minimum atomic E-state index is 0.0293. The van der Waals surface area contributed by atoms with Gasteiger partial charge in [-0.05, 0) is 37.5 Å². The number of hydrogen-bond donors (Lipinski definition) is 0. The van der Waals surface area contributed by atoms with Crippen LogP contribution < -0.4 is 0 Å². The summed E-state index contributed by atoms with van der Waals surface area (Å²) in [6.07, 6.45) is 6.51. The molecular weight excluding hydrogens is 334 g/mol. The molecule has 0 spiro atoms. The Balaban J connectivity index is 1.76. The van der Waals surface area contributed by atoms with Crippen molar-refractivity contribution in [3.05, 3.63) is 95.1 Å². The maximum Gasteiger partial charge on any atom is 0.254 e. The maximum absolute atomic E-state index is 13.1. The van der Waals surface area contributed by atoms with E-state index in [1.165, 1.54) is 11.1 Å². The lowest BCUT2D eigenvalue weighted by Crippen LogP contribution is -2.37. The van der Waals surface area contributed by atoms with Crippen LogP contribution in [-0.4, -0.2) is 33.9 Å². The predicted molar refractivity (Wildman–Crippen MR) is 108 cm³/mol. The molecule has 0 fully saturated rings. The first-order valence-electron chi connectivity index (χ1n) is 9.20. The molecule has 2 aromatic carbocycles. The lowest BCUT2D eigenvalue weighted by Gasteiger charge is -2.25. The van der Waals surface area contributed by atoms with Crippen molar-refractivity contribution in [2.24, 2.45) is 0 Å². The van der Waals surface area contributed by atoms with Crippen LogP contribution in [0.5, 0.6) is 0 Å². The summed E-state index contributed by atoms with van der Waals surface area (Å²) in [5.41, 5.74) is 5.13. The van der Waals surface area contributed by atoms with Gasteiger partial charge in [-0.3, -0.25) is 14.8 Å². The third-order valence-corrected chi connectivity index (χ3v) is 4.87. The molecule has 0 saturated carbocycles. The largest absolute Gasteiger partial charge is 0.339 e. The Kier molecular flexibility index (Phi) is 5.97. The molecule has 4 nitrogen and oxygen atoms in total. The van der Waals surface area contributed by atoms with E-state index in [0.29, 0.717) is 6.42 Å². The zero-order valence-electron chi connectivity index (χ0n) is 16.1. The average Bonchev–Trinajstić information content (AvgIpc) is 2.70. The molecule has 1 atom stereocenters. The number of nitrogens with zero attached hydrogens (tertiary/aromatic N) is 3. The molecule has 0 aliphatic carbocycles. The van der Waals surface area contributed by atoms with Gasteiger partial charge in [-0.15, -0.1) is 0 Å². The summed E-state index contributed by atoms with van der Waals surface area (Å²) < 4.78 is 0. The van der Waals surface area contributed by atoms with Crippen molar-refractivity contribution in [3.63, 3.8) is 0 Å². The molecule has 27 heavy (non-hydrogen) atoms. The lowest BCUT2D eigenvalue weighted by molar-refractivity contribution is 0.0742. The van der Waals surface area contributed by atoms with Crippen LogP contribution in [0.25, 0.3) is 0 Å².